The molecule has 0 bridgehead atoms. The lowest BCUT2D eigenvalue weighted by Crippen LogP contribution is -2.33. The molecule has 108 valence electrons. The van der Waals surface area contributed by atoms with E-state index in [4.69, 9.17) is 0 Å². The summed E-state index contributed by atoms with van der Waals surface area (Å²) in [6.45, 7) is 2.01. The molecule has 1 aliphatic heterocycles. The van der Waals surface area contributed by atoms with Crippen LogP contribution in [0.25, 0.3) is 11.0 Å². The quantitative estimate of drug-likeness (QED) is 0.710. The minimum absolute atomic E-state index is 0. The molecule has 20 heavy (non-hydrogen) atoms. The van der Waals surface area contributed by atoms with Crippen molar-refractivity contribution in [3.63, 3.8) is 0 Å². The van der Waals surface area contributed by atoms with Gasteiger partial charge in [0.2, 0.25) is 11.8 Å². The number of carbonyl (C=O) groups excluding carboxylic acids is 2. The molecule has 6 nitrogen and oxygen atoms in total. The number of rotatable bonds is 0. The second-order valence-electron chi connectivity index (χ2n) is 4.83. The van der Waals surface area contributed by atoms with Crippen molar-refractivity contribution < 1.29 is 11.0 Å². The standard InChI is InChI=1S/C9H10N2O.C5H7NO2.H2/c1-6-3-4-7-8(5-6)11(2)9(12)10-7;7-4-2-1-3-5(8)6-4;/h3-5H,1-2H3,(H,10,12);1-3H2,(H,6,7,8);1H. The Morgan fingerprint density at radius 3 is 2.35 bits per heavy atom. The Balaban J connectivity index is 0.000000216. The molecular weight excluding hydrogens is 258 g/mol. The van der Waals surface area contributed by atoms with Crippen molar-refractivity contribution in [3.05, 3.63) is 34.2 Å². The van der Waals surface area contributed by atoms with Crippen molar-refractivity contribution in [3.8, 4) is 0 Å². The summed E-state index contributed by atoms with van der Waals surface area (Å²) in [5.41, 5.74) is 2.96. The summed E-state index contributed by atoms with van der Waals surface area (Å²) < 4.78 is 1.61. The fourth-order valence-corrected chi connectivity index (χ4v) is 2.02. The highest BCUT2D eigenvalue weighted by atomic mass is 16.2. The maximum Gasteiger partial charge on any atom is 0.326 e. The first kappa shape index (κ1) is 14.0. The first-order valence-electron chi connectivity index (χ1n) is 6.45. The van der Waals surface area contributed by atoms with E-state index in [0.29, 0.717) is 19.3 Å². The lowest BCUT2D eigenvalue weighted by atomic mass is 10.1. The molecule has 0 spiro atoms. The molecule has 1 fully saturated rings. The molecule has 0 atom stereocenters. The van der Waals surface area contributed by atoms with Gasteiger partial charge in [-0.25, -0.2) is 4.79 Å². The number of piperidine rings is 1. The van der Waals surface area contributed by atoms with E-state index in [2.05, 4.69) is 10.3 Å². The number of hydrogen-bond acceptors (Lipinski definition) is 3. The smallest absolute Gasteiger partial charge is 0.306 e. The Morgan fingerprint density at radius 2 is 1.80 bits per heavy atom. The van der Waals surface area contributed by atoms with Crippen molar-refractivity contribution in [2.75, 3.05) is 0 Å². The van der Waals surface area contributed by atoms with Crippen LogP contribution in [-0.2, 0) is 16.6 Å². The first-order chi connectivity index (χ1) is 9.47. The van der Waals surface area contributed by atoms with E-state index < -0.39 is 0 Å². The lowest BCUT2D eigenvalue weighted by Gasteiger charge is -2.07. The Kier molecular flexibility index (Phi) is 4.02. The average molecular weight is 277 g/mol. The van der Waals surface area contributed by atoms with Crippen LogP contribution in [0.1, 0.15) is 26.3 Å². The molecule has 0 aliphatic carbocycles. The highest BCUT2D eigenvalue weighted by Gasteiger charge is 2.12. The molecule has 0 radical (unpaired) electrons. The minimum atomic E-state index is -0.138. The van der Waals surface area contributed by atoms with Crippen LogP contribution >= 0.6 is 0 Å². The molecule has 1 saturated heterocycles. The molecule has 2 heterocycles. The third-order valence-corrected chi connectivity index (χ3v) is 3.15. The number of nitrogens with one attached hydrogen (secondary N) is 2. The second-order valence-corrected chi connectivity index (χ2v) is 4.83. The summed E-state index contributed by atoms with van der Waals surface area (Å²) in [7, 11) is 1.76. The molecule has 1 aromatic carbocycles. The minimum Gasteiger partial charge on any atom is -0.306 e. The molecule has 6 heteroatoms. The van der Waals surface area contributed by atoms with E-state index in [1.165, 1.54) is 0 Å². The van der Waals surface area contributed by atoms with E-state index in [0.717, 1.165) is 16.6 Å². The largest absolute Gasteiger partial charge is 0.326 e. The summed E-state index contributed by atoms with van der Waals surface area (Å²) in [6.07, 6.45) is 1.72. The maximum absolute atomic E-state index is 11.2. The van der Waals surface area contributed by atoms with E-state index in [1.807, 2.05) is 25.1 Å². The topological polar surface area (TPSA) is 84.0 Å². The number of hydrogen-bond donors (Lipinski definition) is 2. The second kappa shape index (κ2) is 5.73. The van der Waals surface area contributed by atoms with Gasteiger partial charge in [0, 0.05) is 21.3 Å². The Hall–Kier alpha value is -2.37. The predicted molar refractivity (Wildman–Crippen MR) is 77.4 cm³/mol. The van der Waals surface area contributed by atoms with E-state index in [1.54, 1.807) is 11.6 Å². The lowest BCUT2D eigenvalue weighted by molar-refractivity contribution is -0.132. The monoisotopic (exact) mass is 277 g/mol. The summed E-state index contributed by atoms with van der Waals surface area (Å²) in [5.74, 6) is -0.275. The van der Waals surface area contributed by atoms with Crippen molar-refractivity contribution >= 4 is 22.8 Å². The molecule has 2 amide bonds. The predicted octanol–water partition coefficient (Wildman–Crippen LogP) is 1.23. The van der Waals surface area contributed by atoms with Crippen LogP contribution in [0.15, 0.2) is 23.0 Å². The summed E-state index contributed by atoms with van der Waals surface area (Å²) in [5, 5.41) is 2.20. The molecule has 3 rings (SSSR count). The van der Waals surface area contributed by atoms with Crippen LogP contribution in [0.2, 0.25) is 0 Å². The van der Waals surface area contributed by atoms with E-state index in [-0.39, 0.29) is 18.9 Å². The molecule has 2 aromatic rings. The summed E-state index contributed by atoms with van der Waals surface area (Å²) in [6, 6.07) is 5.90. The average Bonchev–Trinajstić information content (AvgIpc) is 2.66. The van der Waals surface area contributed by atoms with Gasteiger partial charge in [-0.1, -0.05) is 6.07 Å². The maximum atomic E-state index is 11.2. The summed E-state index contributed by atoms with van der Waals surface area (Å²) >= 11 is 0. The van der Waals surface area contributed by atoms with Crippen molar-refractivity contribution in [1.82, 2.24) is 14.9 Å². The van der Waals surface area contributed by atoms with Crippen LogP contribution in [0, 0.1) is 6.92 Å². The Morgan fingerprint density at radius 1 is 1.15 bits per heavy atom. The van der Waals surface area contributed by atoms with Crippen LogP contribution in [0.3, 0.4) is 0 Å². The molecule has 0 unspecified atom stereocenters. The van der Waals surface area contributed by atoms with Gasteiger partial charge >= 0.3 is 5.69 Å². The number of imidazole rings is 1. The number of H-pyrrole nitrogens is 1. The zero-order valence-electron chi connectivity index (χ0n) is 11.5. The first-order valence-corrected chi connectivity index (χ1v) is 6.45. The van der Waals surface area contributed by atoms with Gasteiger partial charge in [-0.2, -0.15) is 0 Å². The van der Waals surface area contributed by atoms with Gasteiger partial charge in [0.1, 0.15) is 0 Å². The van der Waals surface area contributed by atoms with E-state index >= 15 is 0 Å². The zero-order valence-corrected chi connectivity index (χ0v) is 11.5. The van der Waals surface area contributed by atoms with Crippen LogP contribution in [0.4, 0.5) is 0 Å². The molecule has 0 saturated carbocycles. The van der Waals surface area contributed by atoms with Gasteiger partial charge in [-0.05, 0) is 31.0 Å². The zero-order chi connectivity index (χ0) is 14.7. The summed E-state index contributed by atoms with van der Waals surface area (Å²) in [4.78, 5) is 34.6. The van der Waals surface area contributed by atoms with Gasteiger partial charge in [-0.15, -0.1) is 0 Å². The number of aromatic amines is 1. The molecule has 1 aliphatic rings. The Bertz CT molecular complexity index is 704. The van der Waals surface area contributed by atoms with Crippen molar-refractivity contribution in [1.29, 1.82) is 0 Å². The fourth-order valence-electron chi connectivity index (χ4n) is 2.02. The van der Waals surface area contributed by atoms with E-state index in [9.17, 15) is 14.4 Å². The number of benzene rings is 1. The fraction of sp³-hybridized carbons (Fsp3) is 0.357. The number of nitrogens with zero attached hydrogens (tertiary/aromatic N) is 1. The van der Waals surface area contributed by atoms with Gasteiger partial charge in [-0.3, -0.25) is 19.5 Å². The highest BCUT2D eigenvalue weighted by molar-refractivity contribution is 5.97. The van der Waals surface area contributed by atoms with Crippen LogP contribution < -0.4 is 11.0 Å². The van der Waals surface area contributed by atoms with Gasteiger partial charge in [0.15, 0.2) is 0 Å². The number of aromatic nitrogens is 2. The van der Waals surface area contributed by atoms with Crippen LogP contribution in [0.5, 0.6) is 0 Å². The van der Waals surface area contributed by atoms with Crippen molar-refractivity contribution in [2.24, 2.45) is 7.05 Å². The van der Waals surface area contributed by atoms with Crippen LogP contribution in [-0.4, -0.2) is 21.4 Å². The molecule has 1 aromatic heterocycles. The number of carbonyl (C=O) groups is 2. The Labute approximate surface area is 117 Å². The number of amides is 2. The van der Waals surface area contributed by atoms with Gasteiger partial charge < -0.3 is 4.98 Å². The van der Waals surface area contributed by atoms with Gasteiger partial charge in [0.25, 0.3) is 0 Å². The van der Waals surface area contributed by atoms with Crippen molar-refractivity contribution in [2.45, 2.75) is 26.2 Å². The van der Waals surface area contributed by atoms with Gasteiger partial charge in [0.05, 0.1) is 11.0 Å². The number of fused-ring (bicyclic) bond motifs is 1. The highest BCUT2D eigenvalue weighted by Crippen LogP contribution is 2.10. The number of aryl methyl sites for hydroxylation is 2. The third kappa shape index (κ3) is 3.14. The molecular formula is C14H19N3O3. The molecule has 2 N–H and O–H groups in total. The SMILES string of the molecule is Cc1ccc2[nH]c(=O)n(C)c2c1.O=C1CCCC(=O)N1.[HH]. The third-order valence-electron chi connectivity index (χ3n) is 3.15. The number of imide groups is 1. The normalized spacial score (nSPS) is 14.7.